The summed E-state index contributed by atoms with van der Waals surface area (Å²) in [7, 11) is 0. The number of aliphatic hydroxyl groups is 3. The maximum absolute atomic E-state index is 14.1. The van der Waals surface area contributed by atoms with E-state index in [0.717, 1.165) is 4.57 Å². The third kappa shape index (κ3) is 2.13. The fourth-order valence-corrected chi connectivity index (χ4v) is 2.27. The number of halogens is 1. The first-order valence-electron chi connectivity index (χ1n) is 5.45. The highest BCUT2D eigenvalue weighted by molar-refractivity contribution is 7.71. The molecule has 1 fully saturated rings. The summed E-state index contributed by atoms with van der Waals surface area (Å²) in [5.74, 6) is -2.61. The van der Waals surface area contributed by atoms with Crippen molar-refractivity contribution in [3.63, 3.8) is 0 Å². The fourth-order valence-electron chi connectivity index (χ4n) is 2.01. The number of nitrogen functional groups attached to an aromatic ring is 1. The first-order chi connectivity index (χ1) is 8.72. The Labute approximate surface area is 113 Å². The Morgan fingerprint density at radius 3 is 2.79 bits per heavy atom. The van der Waals surface area contributed by atoms with Crippen LogP contribution in [0.1, 0.15) is 13.2 Å². The van der Waals surface area contributed by atoms with Crippen LogP contribution in [0, 0.1) is 4.77 Å². The lowest BCUT2D eigenvalue weighted by Crippen LogP contribution is -2.48. The molecule has 1 aromatic rings. The van der Waals surface area contributed by atoms with Gasteiger partial charge in [0.1, 0.15) is 24.1 Å². The van der Waals surface area contributed by atoms with Crippen LogP contribution in [0.5, 0.6) is 0 Å². The van der Waals surface area contributed by atoms with Crippen LogP contribution in [0.25, 0.3) is 0 Å². The van der Waals surface area contributed by atoms with Gasteiger partial charge < -0.3 is 25.8 Å². The molecule has 2 rings (SSSR count). The summed E-state index contributed by atoms with van der Waals surface area (Å²) in [6, 6.07) is 1.39. The first kappa shape index (κ1) is 14.3. The smallest absolute Gasteiger partial charge is 0.263 e. The maximum Gasteiger partial charge on any atom is 0.263 e. The Balaban J connectivity index is 2.48. The summed E-state index contributed by atoms with van der Waals surface area (Å²) in [6.45, 7) is 0.0774. The van der Waals surface area contributed by atoms with Gasteiger partial charge in [0.2, 0.25) is 4.77 Å². The van der Waals surface area contributed by atoms with Crippen molar-refractivity contribution in [3.8, 4) is 0 Å². The molecular weight excluding hydrogens is 277 g/mol. The van der Waals surface area contributed by atoms with E-state index in [4.69, 9.17) is 27.8 Å². The molecule has 0 saturated carbocycles. The summed E-state index contributed by atoms with van der Waals surface area (Å²) >= 11 is 4.94. The Kier molecular flexibility index (Phi) is 3.35. The second-order valence-corrected chi connectivity index (χ2v) is 4.95. The molecule has 0 amide bonds. The van der Waals surface area contributed by atoms with Crippen molar-refractivity contribution in [3.05, 3.63) is 17.0 Å². The highest BCUT2D eigenvalue weighted by Gasteiger charge is 2.62. The van der Waals surface area contributed by atoms with Crippen LogP contribution in [0.2, 0.25) is 0 Å². The van der Waals surface area contributed by atoms with E-state index in [1.165, 1.54) is 19.2 Å². The van der Waals surface area contributed by atoms with Gasteiger partial charge >= 0.3 is 0 Å². The predicted octanol–water partition coefficient (Wildman–Crippen LogP) is -0.506. The average Bonchev–Trinajstić information content (AvgIpc) is 2.51. The minimum atomic E-state index is -2.77. The highest BCUT2D eigenvalue weighted by Crippen LogP contribution is 2.44. The molecule has 7 nitrogen and oxygen atoms in total. The molecule has 0 aromatic carbocycles. The molecule has 9 heteroatoms. The van der Waals surface area contributed by atoms with Crippen LogP contribution in [-0.4, -0.2) is 49.0 Å². The Morgan fingerprint density at radius 1 is 1.68 bits per heavy atom. The lowest BCUT2D eigenvalue weighted by molar-refractivity contribution is -0.207. The summed E-state index contributed by atoms with van der Waals surface area (Å²) in [5.41, 5.74) is 3.45. The van der Waals surface area contributed by atoms with E-state index in [-0.39, 0.29) is 10.6 Å². The fraction of sp³-hybridized carbons (Fsp3) is 0.600. The number of alkyl halides is 1. The van der Waals surface area contributed by atoms with Gasteiger partial charge in [0.05, 0.1) is 0 Å². The van der Waals surface area contributed by atoms with E-state index in [9.17, 15) is 14.6 Å². The van der Waals surface area contributed by atoms with Gasteiger partial charge in [-0.1, -0.05) is 0 Å². The predicted molar refractivity (Wildman–Crippen MR) is 65.2 cm³/mol. The Bertz CT molecular complexity index is 552. The van der Waals surface area contributed by atoms with Gasteiger partial charge in [-0.15, -0.1) is 0 Å². The zero-order valence-corrected chi connectivity index (χ0v) is 10.8. The lowest BCUT2D eigenvalue weighted by Gasteiger charge is -2.27. The molecule has 2 heterocycles. The number of hydrogen-bond acceptors (Lipinski definition) is 7. The maximum atomic E-state index is 14.1. The molecule has 0 spiro atoms. The third-order valence-corrected chi connectivity index (χ3v) is 3.39. The van der Waals surface area contributed by atoms with Crippen LogP contribution in [0.15, 0.2) is 12.3 Å². The van der Waals surface area contributed by atoms with E-state index in [2.05, 4.69) is 4.98 Å². The van der Waals surface area contributed by atoms with Crippen molar-refractivity contribution in [1.29, 1.82) is 0 Å². The van der Waals surface area contributed by atoms with Gasteiger partial charge in [0.25, 0.3) is 5.85 Å². The standard InChI is InChI=1S/C10H14FN3O4S/c1-9(17)6(16)10(11,4-15)18-7(9)14-3-2-5(12)13-8(14)19/h2-3,6-7,15-17H,4H2,1H3,(H2,12,13,19)/t6-,7-,9?,10-/m1/s1. The van der Waals surface area contributed by atoms with Gasteiger partial charge in [-0.2, -0.15) is 0 Å². The zero-order valence-electron chi connectivity index (χ0n) is 10.0. The van der Waals surface area contributed by atoms with Gasteiger partial charge in [0, 0.05) is 6.20 Å². The molecule has 1 aliphatic rings. The van der Waals surface area contributed by atoms with E-state index >= 15 is 0 Å². The molecule has 106 valence electrons. The van der Waals surface area contributed by atoms with E-state index in [0.29, 0.717) is 0 Å². The van der Waals surface area contributed by atoms with E-state index < -0.39 is 30.4 Å². The number of hydrogen-bond donors (Lipinski definition) is 4. The van der Waals surface area contributed by atoms with Gasteiger partial charge in [-0.25, -0.2) is 9.37 Å². The number of nitrogens with zero attached hydrogens (tertiary/aromatic N) is 2. The second kappa shape index (κ2) is 4.46. The minimum Gasteiger partial charge on any atom is -0.390 e. The van der Waals surface area contributed by atoms with Crippen molar-refractivity contribution in [2.45, 2.75) is 30.7 Å². The monoisotopic (exact) mass is 291 g/mol. The normalized spacial score (nSPS) is 38.6. The Hall–Kier alpha value is -1.13. The summed E-state index contributed by atoms with van der Waals surface area (Å²) in [4.78, 5) is 3.78. The SMILES string of the molecule is CC1(O)[C@@H](O)[C@@](F)(CO)O[C@H]1n1ccc(N)nc1=S. The van der Waals surface area contributed by atoms with Crippen molar-refractivity contribution in [1.82, 2.24) is 9.55 Å². The molecule has 0 radical (unpaired) electrons. The van der Waals surface area contributed by atoms with Crippen molar-refractivity contribution >= 4 is 18.0 Å². The number of nitrogens with two attached hydrogens (primary N) is 1. The van der Waals surface area contributed by atoms with Gasteiger partial charge in [-0.3, -0.25) is 4.57 Å². The van der Waals surface area contributed by atoms with Crippen LogP contribution in [0.3, 0.4) is 0 Å². The molecule has 0 aliphatic carbocycles. The first-order valence-corrected chi connectivity index (χ1v) is 5.86. The van der Waals surface area contributed by atoms with Crippen LogP contribution in [-0.2, 0) is 4.74 Å². The van der Waals surface area contributed by atoms with Crippen LogP contribution >= 0.6 is 12.2 Å². The second-order valence-electron chi connectivity index (χ2n) is 4.59. The molecule has 19 heavy (non-hydrogen) atoms. The molecule has 5 N–H and O–H groups in total. The molecular formula is C10H14FN3O4S. The third-order valence-electron chi connectivity index (χ3n) is 3.09. The molecule has 1 aliphatic heterocycles. The molecule has 1 unspecified atom stereocenters. The number of aromatic nitrogens is 2. The topological polar surface area (TPSA) is 114 Å². The lowest BCUT2D eigenvalue weighted by atomic mass is 9.95. The molecule has 4 atom stereocenters. The van der Waals surface area contributed by atoms with Crippen molar-refractivity contribution in [2.75, 3.05) is 12.3 Å². The molecule has 1 aromatic heterocycles. The highest BCUT2D eigenvalue weighted by atomic mass is 32.1. The zero-order chi connectivity index (χ0) is 14.4. The largest absolute Gasteiger partial charge is 0.390 e. The Morgan fingerprint density at radius 2 is 2.32 bits per heavy atom. The summed E-state index contributed by atoms with van der Waals surface area (Å²) < 4.78 is 20.2. The average molecular weight is 291 g/mol. The van der Waals surface area contributed by atoms with Gasteiger partial charge in [0.15, 0.2) is 6.23 Å². The summed E-state index contributed by atoms with van der Waals surface area (Å²) in [5, 5.41) is 28.9. The van der Waals surface area contributed by atoms with Crippen molar-refractivity contribution < 1.29 is 24.4 Å². The number of aliphatic hydroxyl groups excluding tert-OH is 2. The van der Waals surface area contributed by atoms with Crippen molar-refractivity contribution in [2.24, 2.45) is 0 Å². The minimum absolute atomic E-state index is 0.0420. The molecule has 0 bridgehead atoms. The van der Waals surface area contributed by atoms with E-state index in [1.807, 2.05) is 0 Å². The van der Waals surface area contributed by atoms with Crippen LogP contribution < -0.4 is 5.73 Å². The van der Waals surface area contributed by atoms with E-state index in [1.54, 1.807) is 0 Å². The molecule has 1 saturated heterocycles. The number of rotatable bonds is 2. The quantitative estimate of drug-likeness (QED) is 0.543. The number of anilines is 1. The van der Waals surface area contributed by atoms with Gasteiger partial charge in [-0.05, 0) is 25.2 Å². The van der Waals surface area contributed by atoms with Crippen LogP contribution in [0.4, 0.5) is 10.2 Å². The summed E-state index contributed by atoms with van der Waals surface area (Å²) in [6.07, 6.45) is -1.91. The number of ether oxygens (including phenoxy) is 1.